The van der Waals surface area contributed by atoms with Crippen LogP contribution in [0.2, 0.25) is 0 Å². The number of carbonyl (C=O) groups excluding carboxylic acids is 1. The van der Waals surface area contributed by atoms with Crippen LogP contribution in [0.5, 0.6) is 0 Å². The van der Waals surface area contributed by atoms with Crippen molar-refractivity contribution >= 4 is 29.4 Å². The average molecular weight is 415 g/mol. The molecule has 2 aromatic carbocycles. The third-order valence-corrected chi connectivity index (χ3v) is 8.06. The van der Waals surface area contributed by atoms with E-state index >= 15 is 0 Å². The molecule has 150 valence electrons. The molecule has 1 aliphatic heterocycles. The molecule has 0 aromatic heterocycles. The number of hydrogen-bond donors (Lipinski definition) is 1. The van der Waals surface area contributed by atoms with Crippen molar-refractivity contribution in [2.75, 3.05) is 24.6 Å². The quantitative estimate of drug-likeness (QED) is 0.633. The normalized spacial score (nSPS) is 15.0. The first-order valence-electron chi connectivity index (χ1n) is 10.1. The van der Waals surface area contributed by atoms with E-state index < -0.39 is 0 Å². The van der Waals surface area contributed by atoms with E-state index in [9.17, 15) is 4.79 Å². The van der Waals surface area contributed by atoms with Crippen molar-refractivity contribution in [3.8, 4) is 0 Å². The molecule has 1 fully saturated rings. The molecule has 0 saturated carbocycles. The highest BCUT2D eigenvalue weighted by atomic mass is 32.2. The van der Waals surface area contributed by atoms with E-state index in [1.54, 1.807) is 0 Å². The minimum absolute atomic E-state index is 0.0114. The van der Waals surface area contributed by atoms with Crippen molar-refractivity contribution in [3.05, 3.63) is 70.8 Å². The Bertz CT molecular complexity index is 736. The molecule has 0 unspecified atom stereocenters. The molecule has 5 heteroatoms. The highest BCUT2D eigenvalue weighted by Crippen LogP contribution is 2.43. The number of nitrogens with zero attached hydrogens (tertiary/aromatic N) is 1. The Morgan fingerprint density at radius 2 is 1.57 bits per heavy atom. The van der Waals surface area contributed by atoms with Gasteiger partial charge in [0.2, 0.25) is 0 Å². The average Bonchev–Trinajstić information content (AvgIpc) is 2.77. The topological polar surface area (TPSA) is 32.3 Å². The van der Waals surface area contributed by atoms with E-state index in [0.717, 1.165) is 30.8 Å². The molecule has 3 rings (SSSR count). The summed E-state index contributed by atoms with van der Waals surface area (Å²) in [7, 11) is 0. The number of thioether (sulfide) groups is 2. The van der Waals surface area contributed by atoms with Gasteiger partial charge in [0.05, 0.1) is 4.58 Å². The van der Waals surface area contributed by atoms with E-state index in [4.69, 9.17) is 0 Å². The molecule has 2 aromatic rings. The second kappa shape index (κ2) is 10.9. The Hall–Kier alpha value is -1.43. The first-order chi connectivity index (χ1) is 13.7. The third-order valence-electron chi connectivity index (χ3n) is 5.05. The molecule has 1 heterocycles. The zero-order chi connectivity index (χ0) is 19.8. The number of rotatable bonds is 8. The van der Waals surface area contributed by atoms with Gasteiger partial charge < -0.3 is 5.32 Å². The van der Waals surface area contributed by atoms with Crippen molar-refractivity contribution in [2.45, 2.75) is 37.9 Å². The lowest BCUT2D eigenvalue weighted by Gasteiger charge is -2.21. The van der Waals surface area contributed by atoms with E-state index in [1.165, 1.54) is 29.1 Å². The van der Waals surface area contributed by atoms with Gasteiger partial charge in [-0.2, -0.15) is 0 Å². The molecular formula is C23H30N2OS2. The molecule has 0 aliphatic carbocycles. The summed E-state index contributed by atoms with van der Waals surface area (Å²) in [5.41, 5.74) is 4.49. The monoisotopic (exact) mass is 414 g/mol. The predicted molar refractivity (Wildman–Crippen MR) is 123 cm³/mol. The van der Waals surface area contributed by atoms with Crippen LogP contribution < -0.4 is 5.32 Å². The first-order valence-corrected chi connectivity index (χ1v) is 12.2. The number of amides is 1. The molecule has 1 N–H and O–H groups in total. The van der Waals surface area contributed by atoms with Gasteiger partial charge in [-0.15, -0.1) is 23.5 Å². The number of nitrogens with one attached hydrogen (secondary N) is 1. The highest BCUT2D eigenvalue weighted by molar-refractivity contribution is 8.16. The van der Waals surface area contributed by atoms with Gasteiger partial charge in [0.1, 0.15) is 0 Å². The lowest BCUT2D eigenvalue weighted by atomic mass is 10.1. The number of benzene rings is 2. The molecule has 1 aliphatic rings. The Morgan fingerprint density at radius 1 is 0.964 bits per heavy atom. The van der Waals surface area contributed by atoms with Crippen LogP contribution in [-0.4, -0.2) is 35.4 Å². The molecule has 1 saturated heterocycles. The van der Waals surface area contributed by atoms with Crippen molar-refractivity contribution < 1.29 is 4.79 Å². The van der Waals surface area contributed by atoms with Gasteiger partial charge in [0.25, 0.3) is 5.91 Å². The predicted octanol–water partition coefficient (Wildman–Crippen LogP) is 5.33. The van der Waals surface area contributed by atoms with Crippen LogP contribution in [0, 0.1) is 0 Å². The second-order valence-corrected chi connectivity index (χ2v) is 9.73. The molecule has 3 nitrogen and oxygen atoms in total. The van der Waals surface area contributed by atoms with Crippen LogP contribution in [-0.2, 0) is 13.1 Å². The fourth-order valence-corrected chi connectivity index (χ4v) is 6.12. The maximum Gasteiger partial charge on any atom is 0.251 e. The standard InChI is InChI=1S/C23H30N2OS2/c1-3-25(4-2)17-19-8-6-18(7-9-19)16-24-22(26)20-10-12-21(13-11-20)23-27-14-5-15-28-23/h6-13,23H,3-5,14-17H2,1-2H3,(H,24,26). The summed E-state index contributed by atoms with van der Waals surface area (Å²) < 4.78 is 0.515. The van der Waals surface area contributed by atoms with Crippen LogP contribution in [0.15, 0.2) is 48.5 Å². The van der Waals surface area contributed by atoms with E-state index in [0.29, 0.717) is 11.1 Å². The summed E-state index contributed by atoms with van der Waals surface area (Å²) in [6.07, 6.45) is 1.29. The lowest BCUT2D eigenvalue weighted by Crippen LogP contribution is -2.23. The van der Waals surface area contributed by atoms with Gasteiger partial charge in [-0.25, -0.2) is 0 Å². The zero-order valence-corrected chi connectivity index (χ0v) is 18.5. The number of carbonyl (C=O) groups is 1. The molecule has 1 amide bonds. The van der Waals surface area contributed by atoms with Gasteiger partial charge in [-0.05, 0) is 59.8 Å². The zero-order valence-electron chi connectivity index (χ0n) is 16.8. The Balaban J connectivity index is 1.50. The largest absolute Gasteiger partial charge is 0.348 e. The number of hydrogen-bond acceptors (Lipinski definition) is 4. The maximum absolute atomic E-state index is 12.5. The molecular weight excluding hydrogens is 384 g/mol. The van der Waals surface area contributed by atoms with E-state index in [2.05, 4.69) is 60.5 Å². The first kappa shape index (κ1) is 21.3. The van der Waals surface area contributed by atoms with Crippen LogP contribution in [0.4, 0.5) is 0 Å². The summed E-state index contributed by atoms with van der Waals surface area (Å²) in [4.78, 5) is 14.9. The van der Waals surface area contributed by atoms with Crippen molar-refractivity contribution in [1.82, 2.24) is 10.2 Å². The fraction of sp³-hybridized carbons (Fsp3) is 0.435. The summed E-state index contributed by atoms with van der Waals surface area (Å²) in [5, 5.41) is 3.04. The van der Waals surface area contributed by atoms with Crippen molar-refractivity contribution in [1.29, 1.82) is 0 Å². The van der Waals surface area contributed by atoms with Gasteiger partial charge in [0.15, 0.2) is 0 Å². The third kappa shape index (κ3) is 6.03. The molecule has 0 atom stereocenters. The smallest absolute Gasteiger partial charge is 0.251 e. The molecule has 28 heavy (non-hydrogen) atoms. The Kier molecular flexibility index (Phi) is 8.31. The van der Waals surface area contributed by atoms with Crippen molar-refractivity contribution in [2.24, 2.45) is 0 Å². The summed E-state index contributed by atoms with van der Waals surface area (Å²) in [6.45, 7) is 8.03. The van der Waals surface area contributed by atoms with E-state index in [-0.39, 0.29) is 5.91 Å². The summed E-state index contributed by atoms with van der Waals surface area (Å²) >= 11 is 4.01. The highest BCUT2D eigenvalue weighted by Gasteiger charge is 2.17. The summed E-state index contributed by atoms with van der Waals surface area (Å²) in [6, 6.07) is 16.7. The Labute approximate surface area is 177 Å². The SMILES string of the molecule is CCN(CC)Cc1ccc(CNC(=O)c2ccc(C3SCCCS3)cc2)cc1. The van der Waals surface area contributed by atoms with Crippen LogP contribution in [0.25, 0.3) is 0 Å². The molecule has 0 spiro atoms. The van der Waals surface area contributed by atoms with Gasteiger partial charge >= 0.3 is 0 Å². The maximum atomic E-state index is 12.5. The second-order valence-electron chi connectivity index (χ2n) is 7.01. The van der Waals surface area contributed by atoms with Crippen LogP contribution in [0.1, 0.15) is 51.9 Å². The van der Waals surface area contributed by atoms with Crippen LogP contribution in [0.3, 0.4) is 0 Å². The van der Waals surface area contributed by atoms with Gasteiger partial charge in [-0.3, -0.25) is 9.69 Å². The van der Waals surface area contributed by atoms with Gasteiger partial charge in [0, 0.05) is 18.7 Å². The molecule has 0 bridgehead atoms. The minimum Gasteiger partial charge on any atom is -0.348 e. The van der Waals surface area contributed by atoms with E-state index in [1.807, 2.05) is 35.7 Å². The lowest BCUT2D eigenvalue weighted by molar-refractivity contribution is 0.0951. The molecule has 0 radical (unpaired) electrons. The Morgan fingerprint density at radius 3 is 2.18 bits per heavy atom. The minimum atomic E-state index is -0.0114. The fourth-order valence-electron chi connectivity index (χ4n) is 3.22. The summed E-state index contributed by atoms with van der Waals surface area (Å²) in [5.74, 6) is 2.45. The van der Waals surface area contributed by atoms with Crippen molar-refractivity contribution in [3.63, 3.8) is 0 Å². The van der Waals surface area contributed by atoms with Crippen LogP contribution >= 0.6 is 23.5 Å². The van der Waals surface area contributed by atoms with Gasteiger partial charge in [-0.1, -0.05) is 50.2 Å².